The van der Waals surface area contributed by atoms with E-state index >= 15 is 0 Å². The Morgan fingerprint density at radius 3 is 2.41 bits per heavy atom. The summed E-state index contributed by atoms with van der Waals surface area (Å²) in [6.07, 6.45) is 4.47. The topological polar surface area (TPSA) is 99.3 Å². The maximum atomic E-state index is 12.6. The summed E-state index contributed by atoms with van der Waals surface area (Å²) >= 11 is 1.26. The summed E-state index contributed by atoms with van der Waals surface area (Å²) in [5.41, 5.74) is 5.66. The Bertz CT molecular complexity index is 866. The van der Waals surface area contributed by atoms with Gasteiger partial charge in [0.25, 0.3) is 5.91 Å². The molecule has 2 N–H and O–H groups in total. The van der Waals surface area contributed by atoms with Crippen LogP contribution in [-0.2, 0) is 9.53 Å². The minimum atomic E-state index is -1.26. The summed E-state index contributed by atoms with van der Waals surface area (Å²) in [5.74, 6) is -1.33. The maximum Gasteiger partial charge on any atom is 0.358 e. The Balaban J connectivity index is 1.85. The van der Waals surface area contributed by atoms with Crippen LogP contribution in [0.15, 0.2) is 29.6 Å². The molecule has 7 heteroatoms. The van der Waals surface area contributed by atoms with Gasteiger partial charge < -0.3 is 10.5 Å². The van der Waals surface area contributed by atoms with Gasteiger partial charge in [0, 0.05) is 16.5 Å². The lowest BCUT2D eigenvalue weighted by molar-refractivity contribution is -0.138. The molecular formula is C20H22N2O4S. The van der Waals surface area contributed by atoms with Crippen molar-refractivity contribution in [1.29, 1.82) is 0 Å². The van der Waals surface area contributed by atoms with Gasteiger partial charge in [-0.3, -0.25) is 9.59 Å². The first kappa shape index (κ1) is 19.2. The van der Waals surface area contributed by atoms with Crippen LogP contribution >= 0.6 is 11.3 Å². The molecule has 0 saturated heterocycles. The molecule has 27 heavy (non-hydrogen) atoms. The number of hydrogen-bond acceptors (Lipinski definition) is 6. The summed E-state index contributed by atoms with van der Waals surface area (Å²) in [5, 5.41) is 2.14. The Morgan fingerprint density at radius 1 is 1.11 bits per heavy atom. The molecule has 0 bridgehead atoms. The zero-order chi connectivity index (χ0) is 19.4. The number of amides is 1. The van der Waals surface area contributed by atoms with Crippen LogP contribution in [0.5, 0.6) is 0 Å². The predicted octanol–water partition coefficient (Wildman–Crippen LogP) is 3.75. The molecule has 1 heterocycles. The highest BCUT2D eigenvalue weighted by Crippen LogP contribution is 2.32. The number of ketones is 1. The molecule has 1 aliphatic carbocycles. The minimum Gasteiger partial charge on any atom is -0.444 e. The molecular weight excluding hydrogens is 364 g/mol. The quantitative estimate of drug-likeness (QED) is 0.479. The highest BCUT2D eigenvalue weighted by molar-refractivity contribution is 7.13. The van der Waals surface area contributed by atoms with Crippen molar-refractivity contribution in [2.24, 2.45) is 5.73 Å². The molecule has 0 spiro atoms. The summed E-state index contributed by atoms with van der Waals surface area (Å²) < 4.78 is 5.60. The van der Waals surface area contributed by atoms with E-state index in [1.807, 2.05) is 6.07 Å². The van der Waals surface area contributed by atoms with Crippen LogP contribution in [0, 0.1) is 0 Å². The Morgan fingerprint density at radius 2 is 1.78 bits per heavy atom. The largest absolute Gasteiger partial charge is 0.444 e. The average Bonchev–Trinajstić information content (AvgIpc) is 3.02. The summed E-state index contributed by atoms with van der Waals surface area (Å²) in [7, 11) is 0. The number of carbonyl (C=O) groups is 3. The van der Waals surface area contributed by atoms with Crippen molar-refractivity contribution in [2.75, 3.05) is 0 Å². The summed E-state index contributed by atoms with van der Waals surface area (Å²) in [4.78, 5) is 40.8. The van der Waals surface area contributed by atoms with Gasteiger partial charge in [-0.1, -0.05) is 37.1 Å². The molecule has 1 fully saturated rings. The van der Waals surface area contributed by atoms with Crippen LogP contribution in [0.4, 0.5) is 0 Å². The van der Waals surface area contributed by atoms with Gasteiger partial charge in [-0.2, -0.15) is 0 Å². The van der Waals surface area contributed by atoms with E-state index in [1.165, 1.54) is 18.3 Å². The van der Waals surface area contributed by atoms with E-state index in [4.69, 9.17) is 10.5 Å². The van der Waals surface area contributed by atoms with Crippen LogP contribution in [-0.4, -0.2) is 28.2 Å². The van der Waals surface area contributed by atoms with Crippen LogP contribution in [0.1, 0.15) is 66.3 Å². The van der Waals surface area contributed by atoms with E-state index in [2.05, 4.69) is 4.98 Å². The number of ether oxygens (including phenoxy) is 1. The number of primary amides is 1. The molecule has 0 radical (unpaired) electrons. The van der Waals surface area contributed by atoms with Crippen molar-refractivity contribution in [3.63, 3.8) is 0 Å². The first-order valence-corrected chi connectivity index (χ1v) is 9.90. The van der Waals surface area contributed by atoms with E-state index in [-0.39, 0.29) is 11.5 Å². The lowest BCUT2D eigenvalue weighted by Crippen LogP contribution is -2.47. The van der Waals surface area contributed by atoms with E-state index in [0.29, 0.717) is 29.0 Å². The average molecular weight is 386 g/mol. The van der Waals surface area contributed by atoms with Crippen LogP contribution in [0.25, 0.3) is 10.6 Å². The third-order valence-corrected chi connectivity index (χ3v) is 5.77. The fourth-order valence-electron chi connectivity index (χ4n) is 3.40. The van der Waals surface area contributed by atoms with Crippen molar-refractivity contribution in [3.05, 3.63) is 40.9 Å². The molecule has 1 aromatic carbocycles. The first-order chi connectivity index (χ1) is 12.9. The van der Waals surface area contributed by atoms with Gasteiger partial charge in [-0.05, 0) is 32.6 Å². The van der Waals surface area contributed by atoms with Crippen LogP contribution in [0.2, 0.25) is 0 Å². The molecule has 1 saturated carbocycles. The molecule has 6 nitrogen and oxygen atoms in total. The molecule has 0 atom stereocenters. The number of rotatable bonds is 5. The standard InChI is InChI=1S/C20H22N2O4S/c1-13(23)14-8-4-5-9-15(14)17-22-16(12-27-17)18(24)26-20(19(21)25)10-6-2-3-7-11-20/h4-5,8-9,12H,2-3,6-7,10-11H2,1H3,(H2,21,25). The third kappa shape index (κ3) is 4.08. The lowest BCUT2D eigenvalue weighted by atomic mass is 9.93. The lowest BCUT2D eigenvalue weighted by Gasteiger charge is -2.28. The van der Waals surface area contributed by atoms with E-state index in [9.17, 15) is 14.4 Å². The van der Waals surface area contributed by atoms with Gasteiger partial charge in [0.05, 0.1) is 0 Å². The van der Waals surface area contributed by atoms with Gasteiger partial charge in [-0.15, -0.1) is 11.3 Å². The van der Waals surface area contributed by atoms with Gasteiger partial charge in [-0.25, -0.2) is 9.78 Å². The zero-order valence-corrected chi connectivity index (χ0v) is 16.0. The molecule has 1 amide bonds. The third-order valence-electron chi connectivity index (χ3n) is 4.90. The Labute approximate surface area is 161 Å². The highest BCUT2D eigenvalue weighted by Gasteiger charge is 2.41. The van der Waals surface area contributed by atoms with Gasteiger partial charge >= 0.3 is 5.97 Å². The monoisotopic (exact) mass is 386 g/mol. The molecule has 1 aromatic heterocycles. The van der Waals surface area contributed by atoms with Crippen molar-refractivity contribution in [2.45, 2.75) is 51.0 Å². The smallest absolute Gasteiger partial charge is 0.358 e. The molecule has 2 aromatic rings. The second-order valence-electron chi connectivity index (χ2n) is 6.80. The maximum absolute atomic E-state index is 12.6. The first-order valence-electron chi connectivity index (χ1n) is 9.02. The number of benzene rings is 1. The summed E-state index contributed by atoms with van der Waals surface area (Å²) in [6, 6.07) is 7.12. The number of hydrogen-bond donors (Lipinski definition) is 1. The fourth-order valence-corrected chi connectivity index (χ4v) is 4.22. The minimum absolute atomic E-state index is 0.0731. The van der Waals surface area contributed by atoms with E-state index < -0.39 is 17.5 Å². The van der Waals surface area contributed by atoms with Crippen molar-refractivity contribution in [3.8, 4) is 10.6 Å². The molecule has 3 rings (SSSR count). The second kappa shape index (κ2) is 8.00. The van der Waals surface area contributed by atoms with Crippen molar-refractivity contribution in [1.82, 2.24) is 4.98 Å². The number of aromatic nitrogens is 1. The SMILES string of the molecule is CC(=O)c1ccccc1-c1nc(C(=O)OC2(C(N)=O)CCCCCC2)cs1. The van der Waals surface area contributed by atoms with Crippen molar-refractivity contribution >= 4 is 29.0 Å². The van der Waals surface area contributed by atoms with Gasteiger partial charge in [0.2, 0.25) is 0 Å². The number of nitrogens with two attached hydrogens (primary N) is 1. The van der Waals surface area contributed by atoms with Crippen LogP contribution < -0.4 is 5.73 Å². The Hall–Kier alpha value is -2.54. The van der Waals surface area contributed by atoms with Crippen molar-refractivity contribution < 1.29 is 19.1 Å². The number of carbonyl (C=O) groups excluding carboxylic acids is 3. The number of nitrogens with zero attached hydrogens (tertiary/aromatic N) is 1. The number of esters is 1. The summed E-state index contributed by atoms with van der Waals surface area (Å²) in [6.45, 7) is 1.49. The predicted molar refractivity (Wildman–Crippen MR) is 103 cm³/mol. The van der Waals surface area contributed by atoms with Gasteiger partial charge in [0.15, 0.2) is 17.1 Å². The number of Topliss-reactive ketones (excluding diaryl/α,β-unsaturated/α-hetero) is 1. The van der Waals surface area contributed by atoms with Gasteiger partial charge in [0.1, 0.15) is 5.01 Å². The van der Waals surface area contributed by atoms with Crippen LogP contribution in [0.3, 0.4) is 0 Å². The molecule has 0 aliphatic heterocycles. The molecule has 1 aliphatic rings. The molecule has 0 unspecified atom stereocenters. The van der Waals surface area contributed by atoms with E-state index in [0.717, 1.165) is 25.7 Å². The van der Waals surface area contributed by atoms with E-state index in [1.54, 1.807) is 23.6 Å². The molecule has 142 valence electrons. The number of thiazole rings is 1. The normalized spacial score (nSPS) is 16.3. The Kier molecular flexibility index (Phi) is 5.70. The second-order valence-corrected chi connectivity index (χ2v) is 7.66. The highest BCUT2D eigenvalue weighted by atomic mass is 32.1. The zero-order valence-electron chi connectivity index (χ0n) is 15.2. The fraction of sp³-hybridized carbons (Fsp3) is 0.400.